The number of ether oxygens (including phenoxy) is 1. The third-order valence-corrected chi connectivity index (χ3v) is 2.14. The number of hydrogen-bond acceptors (Lipinski definition) is 3. The van der Waals surface area contributed by atoms with Crippen molar-refractivity contribution in [3.8, 4) is 6.07 Å². The molecule has 0 saturated heterocycles. The van der Waals surface area contributed by atoms with Crippen molar-refractivity contribution >= 4 is 6.09 Å². The lowest BCUT2D eigenvalue weighted by Crippen LogP contribution is -2.43. The van der Waals surface area contributed by atoms with E-state index in [2.05, 4.69) is 6.07 Å². The molecule has 4 heteroatoms. The van der Waals surface area contributed by atoms with Crippen LogP contribution in [-0.4, -0.2) is 11.7 Å². The second-order valence-corrected chi connectivity index (χ2v) is 3.67. The Morgan fingerprint density at radius 1 is 1.42 bits per heavy atom. The summed E-state index contributed by atoms with van der Waals surface area (Å²) < 4.78 is 4.81. The number of carbonyl (C=O) groups is 1. The largest absolute Gasteiger partial charge is 0.442 e. The highest BCUT2D eigenvalue weighted by atomic mass is 16.6. The first-order valence-electron chi connectivity index (χ1n) is 3.62. The lowest BCUT2D eigenvalue weighted by Gasteiger charge is -2.34. The van der Waals surface area contributed by atoms with Crippen LogP contribution in [0, 0.1) is 16.7 Å². The van der Waals surface area contributed by atoms with Crippen LogP contribution in [0.15, 0.2) is 0 Å². The summed E-state index contributed by atoms with van der Waals surface area (Å²) in [6.07, 6.45) is -0.858. The van der Waals surface area contributed by atoms with Crippen molar-refractivity contribution in [3.05, 3.63) is 0 Å². The first-order chi connectivity index (χ1) is 5.23. The molecule has 0 aliphatic carbocycles. The summed E-state index contributed by atoms with van der Waals surface area (Å²) in [7, 11) is 0. The highest BCUT2D eigenvalue weighted by Crippen LogP contribution is 2.32. The van der Waals surface area contributed by atoms with E-state index in [1.807, 2.05) is 0 Å². The van der Waals surface area contributed by atoms with Crippen molar-refractivity contribution in [3.63, 3.8) is 0 Å². The van der Waals surface area contributed by atoms with Crippen molar-refractivity contribution in [2.75, 3.05) is 0 Å². The van der Waals surface area contributed by atoms with Gasteiger partial charge in [0.2, 0.25) is 0 Å². The molecule has 0 saturated carbocycles. The Hall–Kier alpha value is -1.24. The zero-order valence-electron chi connectivity index (χ0n) is 7.84. The molecule has 0 aromatic rings. The predicted octanol–water partition coefficient (Wildman–Crippen LogP) is 1.41. The molecule has 0 unspecified atom stereocenters. The predicted molar refractivity (Wildman–Crippen MR) is 44.1 cm³/mol. The third-order valence-electron chi connectivity index (χ3n) is 2.14. The minimum absolute atomic E-state index is 0.748. The zero-order chi connectivity index (χ0) is 9.99. The summed E-state index contributed by atoms with van der Waals surface area (Å²) in [5.74, 6) is 0. The van der Waals surface area contributed by atoms with Gasteiger partial charge >= 0.3 is 6.09 Å². The average molecular weight is 170 g/mol. The van der Waals surface area contributed by atoms with Crippen LogP contribution >= 0.6 is 0 Å². The van der Waals surface area contributed by atoms with Crippen LogP contribution in [0.4, 0.5) is 4.79 Å². The normalized spacial score (nSPS) is 11.9. The fourth-order valence-corrected chi connectivity index (χ4v) is 0.514. The molecule has 0 aromatic heterocycles. The summed E-state index contributed by atoms with van der Waals surface area (Å²) in [5, 5.41) is 8.76. The number of nitriles is 1. The van der Waals surface area contributed by atoms with E-state index in [-0.39, 0.29) is 0 Å². The van der Waals surface area contributed by atoms with Crippen molar-refractivity contribution in [2.45, 2.75) is 33.3 Å². The number of nitrogens with two attached hydrogens (primary N) is 1. The fraction of sp³-hybridized carbons (Fsp3) is 0.750. The Kier molecular flexibility index (Phi) is 2.70. The van der Waals surface area contributed by atoms with Crippen LogP contribution in [0.25, 0.3) is 0 Å². The quantitative estimate of drug-likeness (QED) is 0.680. The standard InChI is InChI=1S/C8H14N2O2/c1-7(2,5-9)8(3,4)12-6(10)11/h1-4H3,(H2,10,11). The second kappa shape index (κ2) is 3.02. The van der Waals surface area contributed by atoms with Crippen molar-refractivity contribution in [2.24, 2.45) is 11.1 Å². The molecular formula is C8H14N2O2. The molecule has 12 heavy (non-hydrogen) atoms. The van der Waals surface area contributed by atoms with E-state index < -0.39 is 17.1 Å². The molecule has 0 rings (SSSR count). The number of amides is 1. The zero-order valence-corrected chi connectivity index (χ0v) is 7.84. The SMILES string of the molecule is CC(C)(C#N)C(C)(C)OC(N)=O. The van der Waals surface area contributed by atoms with Gasteiger partial charge < -0.3 is 10.5 Å². The van der Waals surface area contributed by atoms with E-state index in [4.69, 9.17) is 15.7 Å². The van der Waals surface area contributed by atoms with E-state index in [1.165, 1.54) is 0 Å². The van der Waals surface area contributed by atoms with Crippen LogP contribution in [0.1, 0.15) is 27.7 Å². The topological polar surface area (TPSA) is 76.1 Å². The van der Waals surface area contributed by atoms with Crippen LogP contribution < -0.4 is 5.73 Å². The lowest BCUT2D eigenvalue weighted by molar-refractivity contribution is -0.0181. The maximum Gasteiger partial charge on any atom is 0.405 e. The van der Waals surface area contributed by atoms with Gasteiger partial charge in [-0.25, -0.2) is 4.79 Å². The van der Waals surface area contributed by atoms with Crippen LogP contribution in [0.5, 0.6) is 0 Å². The Morgan fingerprint density at radius 3 is 2.08 bits per heavy atom. The number of hydrogen-bond donors (Lipinski definition) is 1. The Bertz CT molecular complexity index is 226. The van der Waals surface area contributed by atoms with Gasteiger partial charge in [-0.2, -0.15) is 5.26 Å². The maximum absolute atomic E-state index is 10.5. The van der Waals surface area contributed by atoms with Crippen molar-refractivity contribution in [1.29, 1.82) is 5.26 Å². The minimum Gasteiger partial charge on any atom is -0.442 e. The maximum atomic E-state index is 10.5. The van der Waals surface area contributed by atoms with Crippen LogP contribution in [0.2, 0.25) is 0 Å². The van der Waals surface area contributed by atoms with Gasteiger partial charge in [-0.3, -0.25) is 0 Å². The van der Waals surface area contributed by atoms with Gasteiger partial charge in [0.15, 0.2) is 0 Å². The Balaban J connectivity index is 4.63. The van der Waals surface area contributed by atoms with Gasteiger partial charge in [0.05, 0.1) is 11.5 Å². The number of rotatable bonds is 2. The highest BCUT2D eigenvalue weighted by molar-refractivity contribution is 5.65. The molecule has 0 aliphatic rings. The van der Waals surface area contributed by atoms with E-state index in [0.29, 0.717) is 0 Å². The van der Waals surface area contributed by atoms with Crippen LogP contribution in [-0.2, 0) is 4.74 Å². The van der Waals surface area contributed by atoms with E-state index in [1.54, 1.807) is 27.7 Å². The van der Waals surface area contributed by atoms with E-state index in [9.17, 15) is 4.79 Å². The molecule has 0 atom stereocenters. The first-order valence-corrected chi connectivity index (χ1v) is 3.62. The minimum atomic E-state index is -0.867. The summed E-state index contributed by atoms with van der Waals surface area (Å²) in [6.45, 7) is 6.69. The number of nitrogens with zero attached hydrogens (tertiary/aromatic N) is 1. The van der Waals surface area contributed by atoms with Gasteiger partial charge in [-0.05, 0) is 27.7 Å². The Labute approximate surface area is 72.3 Å². The second-order valence-electron chi connectivity index (χ2n) is 3.67. The molecule has 1 amide bonds. The highest BCUT2D eigenvalue weighted by Gasteiger charge is 2.40. The molecule has 2 N–H and O–H groups in total. The molecule has 0 bridgehead atoms. The molecule has 68 valence electrons. The monoisotopic (exact) mass is 170 g/mol. The smallest absolute Gasteiger partial charge is 0.405 e. The molecule has 0 fully saturated rings. The summed E-state index contributed by atoms with van der Waals surface area (Å²) in [5.41, 5.74) is 3.24. The molecule has 0 aromatic carbocycles. The third kappa shape index (κ3) is 2.12. The van der Waals surface area contributed by atoms with E-state index >= 15 is 0 Å². The molecule has 0 radical (unpaired) electrons. The summed E-state index contributed by atoms with van der Waals surface area (Å²) in [4.78, 5) is 10.5. The van der Waals surface area contributed by atoms with Gasteiger partial charge in [-0.15, -0.1) is 0 Å². The number of carbonyl (C=O) groups excluding carboxylic acids is 1. The van der Waals surface area contributed by atoms with Gasteiger partial charge in [-0.1, -0.05) is 0 Å². The molecule has 4 nitrogen and oxygen atoms in total. The summed E-state index contributed by atoms with van der Waals surface area (Å²) in [6, 6.07) is 2.05. The van der Waals surface area contributed by atoms with E-state index in [0.717, 1.165) is 0 Å². The van der Waals surface area contributed by atoms with Gasteiger partial charge in [0.1, 0.15) is 5.60 Å². The molecular weight excluding hydrogens is 156 g/mol. The molecule has 0 aliphatic heterocycles. The van der Waals surface area contributed by atoms with Gasteiger partial charge in [0, 0.05) is 0 Å². The van der Waals surface area contributed by atoms with Crippen molar-refractivity contribution < 1.29 is 9.53 Å². The van der Waals surface area contributed by atoms with Crippen LogP contribution in [0.3, 0.4) is 0 Å². The molecule has 0 heterocycles. The summed E-state index contributed by atoms with van der Waals surface area (Å²) >= 11 is 0. The van der Waals surface area contributed by atoms with Crippen molar-refractivity contribution in [1.82, 2.24) is 0 Å². The number of primary amides is 1. The molecule has 0 spiro atoms. The lowest BCUT2D eigenvalue weighted by atomic mass is 9.78. The Morgan fingerprint density at radius 2 is 1.83 bits per heavy atom. The van der Waals surface area contributed by atoms with Gasteiger partial charge in [0.25, 0.3) is 0 Å². The fourth-order valence-electron chi connectivity index (χ4n) is 0.514. The first kappa shape index (κ1) is 10.8. The average Bonchev–Trinajstić information content (AvgIpc) is 1.84.